The van der Waals surface area contributed by atoms with E-state index in [1.165, 1.54) is 44.9 Å². The van der Waals surface area contributed by atoms with Crippen molar-refractivity contribution in [2.75, 3.05) is 30.5 Å². The summed E-state index contributed by atoms with van der Waals surface area (Å²) in [6.45, 7) is 0.786. The molecule has 0 saturated heterocycles. The monoisotopic (exact) mass is 440 g/mol. The summed E-state index contributed by atoms with van der Waals surface area (Å²) in [6, 6.07) is 6.75. The van der Waals surface area contributed by atoms with Crippen LogP contribution in [0, 0.1) is 17.2 Å². The Labute approximate surface area is 180 Å². The van der Waals surface area contributed by atoms with E-state index in [0.717, 1.165) is 12.8 Å². The fourth-order valence-electron chi connectivity index (χ4n) is 3.89. The molecule has 10 heteroatoms. The minimum absolute atomic E-state index is 0.160. The molecule has 4 rings (SSSR count). The number of hydrogen-bond donors (Lipinski definition) is 3. The number of fused-ring (bicyclic) bond motifs is 1. The number of methoxy groups -OCH3 is 1. The van der Waals surface area contributed by atoms with Gasteiger partial charge in [0.1, 0.15) is 23.3 Å². The molecule has 0 aliphatic heterocycles. The number of hydrogen-bond acceptors (Lipinski definition) is 8. The number of benzene rings is 1. The molecule has 162 valence electrons. The van der Waals surface area contributed by atoms with Gasteiger partial charge in [-0.1, -0.05) is 12.8 Å². The second kappa shape index (κ2) is 8.43. The highest BCUT2D eigenvalue weighted by molar-refractivity contribution is 7.90. The van der Waals surface area contributed by atoms with Crippen LogP contribution >= 0.6 is 0 Å². The van der Waals surface area contributed by atoms with Crippen LogP contribution in [0.25, 0.3) is 11.0 Å². The molecule has 0 unspecified atom stereocenters. The van der Waals surface area contributed by atoms with Crippen molar-refractivity contribution in [2.45, 2.75) is 30.6 Å². The fraction of sp³-hybridized carbons (Fsp3) is 0.381. The van der Waals surface area contributed by atoms with Gasteiger partial charge in [-0.05, 0) is 30.9 Å². The molecular weight excluding hydrogens is 416 g/mol. The van der Waals surface area contributed by atoms with Gasteiger partial charge in [0.05, 0.1) is 28.6 Å². The molecule has 1 aliphatic carbocycles. The van der Waals surface area contributed by atoms with Crippen LogP contribution in [0.2, 0.25) is 0 Å². The second-order valence-electron chi connectivity index (χ2n) is 7.72. The first-order chi connectivity index (χ1) is 14.9. The van der Waals surface area contributed by atoms with Crippen molar-refractivity contribution < 1.29 is 13.2 Å². The molecule has 1 saturated carbocycles. The van der Waals surface area contributed by atoms with Crippen molar-refractivity contribution in [1.29, 1.82) is 5.26 Å². The maximum absolute atomic E-state index is 11.8. The van der Waals surface area contributed by atoms with Crippen LogP contribution in [0.1, 0.15) is 31.2 Å². The van der Waals surface area contributed by atoms with Gasteiger partial charge in [0, 0.05) is 25.1 Å². The summed E-state index contributed by atoms with van der Waals surface area (Å²) in [7, 11) is -1.89. The first kappa shape index (κ1) is 20.9. The van der Waals surface area contributed by atoms with E-state index in [1.807, 2.05) is 0 Å². The van der Waals surface area contributed by atoms with Crippen molar-refractivity contribution in [3.8, 4) is 11.8 Å². The summed E-state index contributed by atoms with van der Waals surface area (Å²) in [6.07, 6.45) is 7.63. The van der Waals surface area contributed by atoms with Crippen molar-refractivity contribution in [3.05, 3.63) is 30.0 Å². The van der Waals surface area contributed by atoms with Gasteiger partial charge >= 0.3 is 0 Å². The molecule has 9 nitrogen and oxygen atoms in total. The van der Waals surface area contributed by atoms with Gasteiger partial charge in [0.25, 0.3) is 0 Å². The minimum Gasteiger partial charge on any atom is -0.495 e. The Morgan fingerprint density at radius 3 is 2.74 bits per heavy atom. The molecule has 3 N–H and O–H groups in total. The van der Waals surface area contributed by atoms with Crippen LogP contribution in [0.15, 0.2) is 29.3 Å². The molecule has 3 aromatic rings. The third-order valence-corrected chi connectivity index (χ3v) is 6.64. The summed E-state index contributed by atoms with van der Waals surface area (Å²) in [5, 5.41) is 16.6. The topological polar surface area (TPSA) is 133 Å². The number of aromatic amines is 1. The average molecular weight is 441 g/mol. The Morgan fingerprint density at radius 2 is 2.06 bits per heavy atom. The van der Waals surface area contributed by atoms with Crippen molar-refractivity contribution >= 4 is 38.3 Å². The highest BCUT2D eigenvalue weighted by Crippen LogP contribution is 2.32. The number of anilines is 3. The second-order valence-corrected chi connectivity index (χ2v) is 9.74. The molecule has 2 heterocycles. The molecule has 0 atom stereocenters. The van der Waals surface area contributed by atoms with E-state index in [9.17, 15) is 13.7 Å². The molecule has 0 spiro atoms. The fourth-order valence-corrected chi connectivity index (χ4v) is 4.52. The van der Waals surface area contributed by atoms with Crippen LogP contribution in [0.5, 0.6) is 5.75 Å². The first-order valence-electron chi connectivity index (χ1n) is 10.1. The smallest absolute Gasteiger partial charge is 0.231 e. The Bertz CT molecular complexity index is 1260. The number of ether oxygens (including phenoxy) is 1. The lowest BCUT2D eigenvalue weighted by Gasteiger charge is -2.15. The number of nitriles is 1. The molecule has 31 heavy (non-hydrogen) atoms. The molecule has 1 fully saturated rings. The van der Waals surface area contributed by atoms with Gasteiger partial charge in [0.2, 0.25) is 5.95 Å². The largest absolute Gasteiger partial charge is 0.495 e. The lowest BCUT2D eigenvalue weighted by Crippen LogP contribution is -2.13. The predicted octanol–water partition coefficient (Wildman–Crippen LogP) is 3.59. The van der Waals surface area contributed by atoms with E-state index in [0.29, 0.717) is 45.7 Å². The number of aromatic nitrogens is 3. The first-order valence-corrected chi connectivity index (χ1v) is 12.0. The summed E-state index contributed by atoms with van der Waals surface area (Å²) in [5.74, 6) is 1.84. The van der Waals surface area contributed by atoms with Crippen LogP contribution < -0.4 is 15.4 Å². The lowest BCUT2D eigenvalue weighted by atomic mass is 10.1. The zero-order valence-electron chi connectivity index (χ0n) is 17.4. The zero-order valence-corrected chi connectivity index (χ0v) is 18.2. The van der Waals surface area contributed by atoms with E-state index in [2.05, 4.69) is 31.7 Å². The van der Waals surface area contributed by atoms with E-state index in [-0.39, 0.29) is 4.90 Å². The molecule has 0 amide bonds. The third kappa shape index (κ3) is 4.41. The predicted molar refractivity (Wildman–Crippen MR) is 118 cm³/mol. The summed E-state index contributed by atoms with van der Waals surface area (Å²) in [4.78, 5) is 12.3. The average Bonchev–Trinajstić information content (AvgIpc) is 3.41. The van der Waals surface area contributed by atoms with Crippen LogP contribution in [0.3, 0.4) is 0 Å². The lowest BCUT2D eigenvalue weighted by molar-refractivity contribution is 0.415. The molecule has 0 radical (unpaired) electrons. The molecule has 1 aliphatic rings. The van der Waals surface area contributed by atoms with Gasteiger partial charge in [0.15, 0.2) is 9.84 Å². The van der Waals surface area contributed by atoms with Crippen molar-refractivity contribution in [2.24, 2.45) is 5.92 Å². The van der Waals surface area contributed by atoms with Crippen LogP contribution in [-0.4, -0.2) is 43.3 Å². The Hall–Kier alpha value is -3.32. The van der Waals surface area contributed by atoms with E-state index in [1.54, 1.807) is 12.3 Å². The van der Waals surface area contributed by atoms with Gasteiger partial charge in [-0.2, -0.15) is 15.2 Å². The van der Waals surface area contributed by atoms with E-state index < -0.39 is 9.84 Å². The zero-order chi connectivity index (χ0) is 22.0. The summed E-state index contributed by atoms with van der Waals surface area (Å²) < 4.78 is 29.0. The number of sulfone groups is 1. The quantitative estimate of drug-likeness (QED) is 0.508. The normalized spacial score (nSPS) is 14.5. The Morgan fingerprint density at radius 1 is 1.29 bits per heavy atom. The standard InChI is InChI=1S/C21H24N6O3S/c1-30-17-9-15(31(2,28)29)7-8-16(17)25-21-26-19(23-11-13-5-3-4-6-13)18-14(10-22)12-24-20(18)27-21/h7-9,12-13H,3-6,11H2,1-2H3,(H3,23,24,25,26,27). The van der Waals surface area contributed by atoms with Crippen LogP contribution in [0.4, 0.5) is 17.5 Å². The highest BCUT2D eigenvalue weighted by Gasteiger charge is 2.19. The maximum atomic E-state index is 11.8. The van der Waals surface area contributed by atoms with Gasteiger partial charge in [-0.15, -0.1) is 0 Å². The van der Waals surface area contributed by atoms with E-state index >= 15 is 0 Å². The van der Waals surface area contributed by atoms with Crippen LogP contribution in [-0.2, 0) is 9.84 Å². The van der Waals surface area contributed by atoms with E-state index in [4.69, 9.17) is 4.74 Å². The van der Waals surface area contributed by atoms with Crippen molar-refractivity contribution in [1.82, 2.24) is 15.0 Å². The summed E-state index contributed by atoms with van der Waals surface area (Å²) >= 11 is 0. The van der Waals surface area contributed by atoms with Crippen molar-refractivity contribution in [3.63, 3.8) is 0 Å². The third-order valence-electron chi connectivity index (χ3n) is 5.53. The number of H-pyrrole nitrogens is 1. The molecular formula is C21H24N6O3S. The highest BCUT2D eigenvalue weighted by atomic mass is 32.2. The molecule has 2 aromatic heterocycles. The number of nitrogens with one attached hydrogen (secondary N) is 3. The van der Waals surface area contributed by atoms with Gasteiger partial charge in [-0.25, -0.2) is 8.42 Å². The maximum Gasteiger partial charge on any atom is 0.231 e. The number of rotatable bonds is 7. The molecule has 1 aromatic carbocycles. The summed E-state index contributed by atoms with van der Waals surface area (Å²) in [5.41, 5.74) is 1.54. The molecule has 0 bridgehead atoms. The number of nitrogens with zero attached hydrogens (tertiary/aromatic N) is 3. The van der Waals surface area contributed by atoms with Gasteiger partial charge < -0.3 is 20.4 Å². The Balaban J connectivity index is 1.69. The van der Waals surface area contributed by atoms with Gasteiger partial charge in [-0.3, -0.25) is 0 Å². The SMILES string of the molecule is COc1cc(S(C)(=O)=O)ccc1Nc1nc(NCC2CCCC2)c2c(C#N)c[nH]c2n1. The Kier molecular flexibility index (Phi) is 5.69. The minimum atomic E-state index is -3.36.